The van der Waals surface area contributed by atoms with Crippen molar-refractivity contribution in [3.8, 4) is 0 Å². The van der Waals surface area contributed by atoms with Crippen LogP contribution in [0.4, 0.5) is 8.78 Å². The summed E-state index contributed by atoms with van der Waals surface area (Å²) in [5, 5.41) is 6.39. The molecule has 0 amide bonds. The van der Waals surface area contributed by atoms with Crippen molar-refractivity contribution in [3.05, 3.63) is 82.7 Å². The fourth-order valence-corrected chi connectivity index (χ4v) is 2.70. The molecule has 5 heteroatoms. The summed E-state index contributed by atoms with van der Waals surface area (Å²) in [5.41, 5.74) is 1.64. The van der Waals surface area contributed by atoms with Gasteiger partial charge in [-0.3, -0.25) is 4.79 Å². The van der Waals surface area contributed by atoms with Crippen LogP contribution in [0.5, 0.6) is 0 Å². The predicted molar refractivity (Wildman–Crippen MR) is 88.5 cm³/mol. The summed E-state index contributed by atoms with van der Waals surface area (Å²) < 4.78 is 26.6. The third-order valence-corrected chi connectivity index (χ3v) is 3.91. The standard InChI is InChI=1S/C19H18F2N2O/c20-15-7-5-14(6-8-15)18(24)17(19-22-9-2-10-23-19)12-13-3-1-4-16(21)11-13/h1,3-8,11,22-23H,2,9-10,12H2. The number of ketones is 1. The number of halogens is 2. The summed E-state index contributed by atoms with van der Waals surface area (Å²) in [7, 11) is 0. The van der Waals surface area contributed by atoms with E-state index in [4.69, 9.17) is 0 Å². The monoisotopic (exact) mass is 328 g/mol. The van der Waals surface area contributed by atoms with Crippen molar-refractivity contribution in [1.29, 1.82) is 0 Å². The zero-order valence-electron chi connectivity index (χ0n) is 13.1. The minimum absolute atomic E-state index is 0.198. The number of nitrogens with one attached hydrogen (secondary N) is 2. The molecule has 1 aliphatic rings. The van der Waals surface area contributed by atoms with E-state index >= 15 is 0 Å². The van der Waals surface area contributed by atoms with E-state index < -0.39 is 0 Å². The van der Waals surface area contributed by atoms with Gasteiger partial charge in [0.1, 0.15) is 17.5 Å². The lowest BCUT2D eigenvalue weighted by Crippen LogP contribution is -2.37. The molecular formula is C19H18F2N2O. The van der Waals surface area contributed by atoms with Crippen LogP contribution in [-0.2, 0) is 6.42 Å². The molecule has 2 aromatic rings. The van der Waals surface area contributed by atoms with Crippen molar-refractivity contribution >= 4 is 5.78 Å². The zero-order valence-corrected chi connectivity index (χ0v) is 13.1. The fourth-order valence-electron chi connectivity index (χ4n) is 2.70. The molecule has 0 unspecified atom stereocenters. The van der Waals surface area contributed by atoms with Gasteiger partial charge in [0.2, 0.25) is 0 Å². The Morgan fingerprint density at radius 3 is 2.33 bits per heavy atom. The van der Waals surface area contributed by atoms with Gasteiger partial charge in [-0.25, -0.2) is 8.78 Å². The third kappa shape index (κ3) is 3.79. The smallest absolute Gasteiger partial charge is 0.192 e. The summed E-state index contributed by atoms with van der Waals surface area (Å²) in [6.45, 7) is 1.54. The van der Waals surface area contributed by atoms with Gasteiger partial charge in [-0.05, 0) is 48.4 Å². The topological polar surface area (TPSA) is 41.1 Å². The van der Waals surface area contributed by atoms with Crippen LogP contribution in [0.2, 0.25) is 0 Å². The Bertz CT molecular complexity index is 761. The molecule has 1 fully saturated rings. The SMILES string of the molecule is O=C(C(Cc1cccc(F)c1)=C1NCCCN1)c1ccc(F)cc1. The molecular weight excluding hydrogens is 310 g/mol. The Morgan fingerprint density at radius 2 is 1.67 bits per heavy atom. The molecule has 0 bridgehead atoms. The van der Waals surface area contributed by atoms with E-state index in [1.807, 2.05) is 0 Å². The average molecular weight is 328 g/mol. The normalized spacial score (nSPS) is 13.8. The largest absolute Gasteiger partial charge is 0.371 e. The summed E-state index contributed by atoms with van der Waals surface area (Å²) >= 11 is 0. The van der Waals surface area contributed by atoms with Gasteiger partial charge < -0.3 is 10.6 Å². The molecule has 1 aliphatic heterocycles. The molecule has 0 aliphatic carbocycles. The lowest BCUT2D eigenvalue weighted by atomic mass is 9.96. The van der Waals surface area contributed by atoms with Crippen LogP contribution in [0.1, 0.15) is 22.3 Å². The van der Waals surface area contributed by atoms with Crippen LogP contribution in [-0.4, -0.2) is 18.9 Å². The number of Topliss-reactive ketones (excluding diaryl/α,β-unsaturated/α-hetero) is 1. The van der Waals surface area contributed by atoms with Crippen LogP contribution in [0.15, 0.2) is 59.9 Å². The maximum atomic E-state index is 13.5. The fraction of sp³-hybridized carbons (Fsp3) is 0.211. The van der Waals surface area contributed by atoms with Gasteiger partial charge in [-0.15, -0.1) is 0 Å². The third-order valence-electron chi connectivity index (χ3n) is 3.91. The number of carbonyl (C=O) groups is 1. The van der Waals surface area contributed by atoms with Crippen LogP contribution >= 0.6 is 0 Å². The average Bonchev–Trinajstić information content (AvgIpc) is 2.61. The van der Waals surface area contributed by atoms with Crippen LogP contribution in [0, 0.1) is 11.6 Å². The van der Waals surface area contributed by atoms with Gasteiger partial charge in [-0.1, -0.05) is 12.1 Å². The maximum Gasteiger partial charge on any atom is 0.192 e. The van der Waals surface area contributed by atoms with E-state index in [0.29, 0.717) is 28.9 Å². The van der Waals surface area contributed by atoms with Crippen molar-refractivity contribution in [2.75, 3.05) is 13.1 Å². The summed E-state index contributed by atoms with van der Waals surface area (Å²) in [5.74, 6) is -0.258. The molecule has 24 heavy (non-hydrogen) atoms. The van der Waals surface area contributed by atoms with Gasteiger partial charge in [0.25, 0.3) is 0 Å². The molecule has 1 heterocycles. The number of allylic oxidation sites excluding steroid dienone is 1. The second-order valence-electron chi connectivity index (χ2n) is 5.70. The highest BCUT2D eigenvalue weighted by Crippen LogP contribution is 2.18. The van der Waals surface area contributed by atoms with Crippen LogP contribution in [0.25, 0.3) is 0 Å². The van der Waals surface area contributed by atoms with Gasteiger partial charge >= 0.3 is 0 Å². The quantitative estimate of drug-likeness (QED) is 0.669. The summed E-state index contributed by atoms with van der Waals surface area (Å²) in [4.78, 5) is 12.9. The second-order valence-corrected chi connectivity index (χ2v) is 5.70. The van der Waals surface area contributed by atoms with Gasteiger partial charge in [-0.2, -0.15) is 0 Å². The molecule has 0 atom stereocenters. The molecule has 0 aromatic heterocycles. The number of carbonyl (C=O) groups excluding carboxylic acids is 1. The molecule has 2 aromatic carbocycles. The molecule has 3 nitrogen and oxygen atoms in total. The van der Waals surface area contributed by atoms with E-state index in [2.05, 4.69) is 10.6 Å². The van der Waals surface area contributed by atoms with E-state index in [9.17, 15) is 13.6 Å². The van der Waals surface area contributed by atoms with E-state index in [1.54, 1.807) is 12.1 Å². The Hall–Kier alpha value is -2.69. The number of benzene rings is 2. The molecule has 0 saturated carbocycles. The molecule has 124 valence electrons. The molecule has 3 rings (SSSR count). The van der Waals surface area contributed by atoms with Crippen molar-refractivity contribution in [3.63, 3.8) is 0 Å². The van der Waals surface area contributed by atoms with E-state index in [-0.39, 0.29) is 17.4 Å². The highest BCUT2D eigenvalue weighted by atomic mass is 19.1. The lowest BCUT2D eigenvalue weighted by molar-refractivity contribution is 0.102. The second kappa shape index (κ2) is 7.25. The summed E-state index contributed by atoms with van der Waals surface area (Å²) in [6, 6.07) is 11.6. The highest BCUT2D eigenvalue weighted by molar-refractivity contribution is 6.09. The van der Waals surface area contributed by atoms with Crippen molar-refractivity contribution in [1.82, 2.24) is 10.6 Å². The zero-order chi connectivity index (χ0) is 16.9. The maximum absolute atomic E-state index is 13.5. The first-order valence-corrected chi connectivity index (χ1v) is 7.89. The Kier molecular flexibility index (Phi) is 4.89. The highest BCUT2D eigenvalue weighted by Gasteiger charge is 2.20. The van der Waals surface area contributed by atoms with Crippen molar-refractivity contribution in [2.45, 2.75) is 12.8 Å². The van der Waals surface area contributed by atoms with Gasteiger partial charge in [0, 0.05) is 30.6 Å². The van der Waals surface area contributed by atoms with E-state index in [0.717, 1.165) is 19.5 Å². The van der Waals surface area contributed by atoms with E-state index in [1.165, 1.54) is 36.4 Å². The first-order valence-electron chi connectivity index (χ1n) is 7.89. The van der Waals surface area contributed by atoms with Crippen LogP contribution < -0.4 is 10.6 Å². The Labute approximate surface area is 139 Å². The first-order chi connectivity index (χ1) is 11.6. The minimum Gasteiger partial charge on any atom is -0.371 e. The molecule has 0 spiro atoms. The van der Waals surface area contributed by atoms with Gasteiger partial charge in [0.15, 0.2) is 5.78 Å². The predicted octanol–water partition coefficient (Wildman–Crippen LogP) is 3.18. The number of hydrogen-bond acceptors (Lipinski definition) is 3. The Balaban J connectivity index is 1.95. The molecule has 1 saturated heterocycles. The Morgan fingerprint density at radius 1 is 0.958 bits per heavy atom. The summed E-state index contributed by atoms with van der Waals surface area (Å²) in [6.07, 6.45) is 1.25. The molecule has 2 N–H and O–H groups in total. The first kappa shape index (κ1) is 16.2. The lowest BCUT2D eigenvalue weighted by Gasteiger charge is -2.23. The molecule has 0 radical (unpaired) electrons. The van der Waals surface area contributed by atoms with Crippen molar-refractivity contribution in [2.24, 2.45) is 0 Å². The number of rotatable bonds is 4. The van der Waals surface area contributed by atoms with Gasteiger partial charge in [0.05, 0.1) is 0 Å². The number of hydrogen-bond donors (Lipinski definition) is 2. The minimum atomic E-state index is -0.389. The van der Waals surface area contributed by atoms with Crippen LogP contribution in [0.3, 0.4) is 0 Å². The van der Waals surface area contributed by atoms with Crippen molar-refractivity contribution < 1.29 is 13.6 Å².